The highest BCUT2D eigenvalue weighted by Gasteiger charge is 2.38. The van der Waals surface area contributed by atoms with Crippen LogP contribution in [0, 0.1) is 15.5 Å². The van der Waals surface area contributed by atoms with Crippen molar-refractivity contribution in [2.75, 3.05) is 10.9 Å². The van der Waals surface area contributed by atoms with Crippen LogP contribution in [0.15, 0.2) is 95.1 Å². The lowest BCUT2D eigenvalue weighted by atomic mass is 10.0. The van der Waals surface area contributed by atoms with Gasteiger partial charge in [-0.1, -0.05) is 48.5 Å². The molecule has 31 heavy (non-hydrogen) atoms. The Kier molecular flexibility index (Phi) is 5.66. The van der Waals surface area contributed by atoms with Gasteiger partial charge >= 0.3 is 0 Å². The van der Waals surface area contributed by atoms with Crippen LogP contribution in [0.4, 0.5) is 17.1 Å². The fourth-order valence-corrected chi connectivity index (χ4v) is 2.99. The van der Waals surface area contributed by atoms with Crippen LogP contribution in [0.3, 0.4) is 0 Å². The minimum Gasteiger partial charge on any atom is -0.461 e. The molecule has 154 valence electrons. The van der Waals surface area contributed by atoms with Gasteiger partial charge < -0.3 is 4.74 Å². The molecular formula is C22H18N6O3. The highest BCUT2D eigenvalue weighted by molar-refractivity contribution is 6.69. The quantitative estimate of drug-likeness (QED) is 0.402. The topological polar surface area (TPSA) is 125 Å². The SMILES string of the molecule is N=C1O[C@H](c2cccc([N+](=O)[O-])c2)C(=NNc2ccccc2)/C1=N\Nc1ccccc1. The molecule has 9 nitrogen and oxygen atoms in total. The first kappa shape index (κ1) is 19.8. The van der Waals surface area contributed by atoms with Crippen LogP contribution < -0.4 is 10.9 Å². The maximum atomic E-state index is 11.2. The van der Waals surface area contributed by atoms with Crippen LogP contribution in [-0.4, -0.2) is 22.2 Å². The Labute approximate surface area is 177 Å². The molecule has 0 amide bonds. The second kappa shape index (κ2) is 8.87. The number of non-ortho nitro benzene ring substituents is 1. The van der Waals surface area contributed by atoms with Gasteiger partial charge in [0.25, 0.3) is 5.69 Å². The van der Waals surface area contributed by atoms with Crippen molar-refractivity contribution < 1.29 is 9.66 Å². The molecule has 3 aromatic rings. The lowest BCUT2D eigenvalue weighted by molar-refractivity contribution is -0.384. The molecule has 1 aliphatic heterocycles. The Balaban J connectivity index is 1.71. The van der Waals surface area contributed by atoms with E-state index in [2.05, 4.69) is 21.1 Å². The van der Waals surface area contributed by atoms with E-state index < -0.39 is 11.0 Å². The normalized spacial score (nSPS) is 18.1. The Morgan fingerprint density at radius 1 is 0.871 bits per heavy atom. The molecule has 3 aromatic carbocycles. The molecule has 1 heterocycles. The molecule has 4 rings (SSSR count). The first-order chi connectivity index (χ1) is 15.1. The Bertz CT molecular complexity index is 1160. The molecule has 0 aliphatic carbocycles. The van der Waals surface area contributed by atoms with Gasteiger partial charge in [-0.05, 0) is 24.3 Å². The molecule has 0 radical (unpaired) electrons. The van der Waals surface area contributed by atoms with E-state index in [1.165, 1.54) is 12.1 Å². The van der Waals surface area contributed by atoms with Crippen molar-refractivity contribution >= 4 is 34.4 Å². The summed E-state index contributed by atoms with van der Waals surface area (Å²) in [6.45, 7) is 0. The van der Waals surface area contributed by atoms with E-state index in [0.717, 1.165) is 11.4 Å². The predicted molar refractivity (Wildman–Crippen MR) is 120 cm³/mol. The molecule has 0 bridgehead atoms. The maximum absolute atomic E-state index is 11.2. The number of hydrazone groups is 2. The third-order valence-corrected chi connectivity index (χ3v) is 4.48. The van der Waals surface area contributed by atoms with E-state index >= 15 is 0 Å². The van der Waals surface area contributed by atoms with Gasteiger partial charge in [0, 0.05) is 17.7 Å². The van der Waals surface area contributed by atoms with Crippen LogP contribution in [0.1, 0.15) is 11.7 Å². The summed E-state index contributed by atoms with van der Waals surface area (Å²) in [7, 11) is 0. The fourth-order valence-electron chi connectivity index (χ4n) is 2.99. The number of nitrogens with one attached hydrogen (secondary N) is 3. The van der Waals surface area contributed by atoms with Gasteiger partial charge in [0.05, 0.1) is 16.3 Å². The molecule has 9 heteroatoms. The average Bonchev–Trinajstić information content (AvgIpc) is 3.13. The predicted octanol–water partition coefficient (Wildman–Crippen LogP) is 4.58. The minimum atomic E-state index is -0.820. The van der Waals surface area contributed by atoms with E-state index in [0.29, 0.717) is 11.3 Å². The number of benzene rings is 3. The number of rotatable bonds is 6. The number of ether oxygens (including phenoxy) is 1. The molecule has 1 atom stereocenters. The van der Waals surface area contributed by atoms with Crippen LogP contribution in [0.25, 0.3) is 0 Å². The molecule has 1 fully saturated rings. The van der Waals surface area contributed by atoms with Crippen LogP contribution in [0.5, 0.6) is 0 Å². The van der Waals surface area contributed by atoms with Crippen molar-refractivity contribution in [1.29, 1.82) is 5.41 Å². The smallest absolute Gasteiger partial charge is 0.269 e. The van der Waals surface area contributed by atoms with Crippen molar-refractivity contribution in [3.8, 4) is 0 Å². The summed E-state index contributed by atoms with van der Waals surface area (Å²) in [4.78, 5) is 10.7. The monoisotopic (exact) mass is 414 g/mol. The van der Waals surface area contributed by atoms with Gasteiger partial charge in [-0.15, -0.1) is 0 Å². The Morgan fingerprint density at radius 3 is 2.10 bits per heavy atom. The summed E-state index contributed by atoms with van der Waals surface area (Å²) < 4.78 is 5.70. The molecule has 1 saturated heterocycles. The summed E-state index contributed by atoms with van der Waals surface area (Å²) >= 11 is 0. The molecule has 0 unspecified atom stereocenters. The number of hydrogen-bond donors (Lipinski definition) is 3. The zero-order chi connectivity index (χ0) is 21.6. The number of anilines is 2. The largest absolute Gasteiger partial charge is 0.461 e. The second-order valence-electron chi connectivity index (χ2n) is 6.59. The van der Waals surface area contributed by atoms with Crippen LogP contribution >= 0.6 is 0 Å². The maximum Gasteiger partial charge on any atom is 0.269 e. The molecule has 3 N–H and O–H groups in total. The standard InChI is InChI=1S/C22H18N6O3/c23-22-20(27-25-17-11-5-2-6-12-17)19(26-24-16-9-3-1-4-10-16)21(31-22)15-8-7-13-18(14-15)28(29)30/h1-14,21,23-25H/b23-22?,26-19?,27-20+/t21-/m1/s1. The zero-order valence-corrected chi connectivity index (χ0v) is 16.2. The fraction of sp³-hybridized carbons (Fsp3) is 0.0455. The van der Waals surface area contributed by atoms with E-state index in [1.54, 1.807) is 12.1 Å². The molecular weight excluding hydrogens is 396 g/mol. The van der Waals surface area contributed by atoms with Gasteiger partial charge in [-0.2, -0.15) is 10.2 Å². The van der Waals surface area contributed by atoms with E-state index in [-0.39, 0.29) is 17.3 Å². The summed E-state index contributed by atoms with van der Waals surface area (Å²) in [5, 5.41) is 28.2. The van der Waals surface area contributed by atoms with E-state index in [9.17, 15) is 10.1 Å². The average molecular weight is 414 g/mol. The zero-order valence-electron chi connectivity index (χ0n) is 16.2. The summed E-state index contributed by atoms with van der Waals surface area (Å²) in [5.74, 6) is -0.187. The lowest BCUT2D eigenvalue weighted by Crippen LogP contribution is -2.19. The van der Waals surface area contributed by atoms with Crippen molar-refractivity contribution in [2.24, 2.45) is 10.2 Å². The van der Waals surface area contributed by atoms with Crippen molar-refractivity contribution in [3.63, 3.8) is 0 Å². The Morgan fingerprint density at radius 2 is 1.48 bits per heavy atom. The van der Waals surface area contributed by atoms with Crippen LogP contribution in [-0.2, 0) is 4.74 Å². The second-order valence-corrected chi connectivity index (χ2v) is 6.59. The Hall–Kier alpha value is -4.53. The molecule has 0 spiro atoms. The minimum absolute atomic E-state index is 0.0733. The first-order valence-corrected chi connectivity index (χ1v) is 9.39. The summed E-state index contributed by atoms with van der Waals surface area (Å²) in [6.07, 6.45) is -0.820. The van der Waals surface area contributed by atoms with Crippen molar-refractivity contribution in [2.45, 2.75) is 6.10 Å². The molecule has 1 aliphatic rings. The third-order valence-electron chi connectivity index (χ3n) is 4.48. The first-order valence-electron chi connectivity index (χ1n) is 9.39. The van der Waals surface area contributed by atoms with Crippen molar-refractivity contribution in [3.05, 3.63) is 101 Å². The third kappa shape index (κ3) is 4.56. The number of nitro benzene ring substituents is 1. The number of para-hydroxylation sites is 2. The van der Waals surface area contributed by atoms with Gasteiger partial charge in [-0.25, -0.2) is 0 Å². The van der Waals surface area contributed by atoms with Crippen molar-refractivity contribution in [1.82, 2.24) is 0 Å². The van der Waals surface area contributed by atoms with Gasteiger partial charge in [0.1, 0.15) is 5.71 Å². The van der Waals surface area contributed by atoms with E-state index in [4.69, 9.17) is 10.1 Å². The van der Waals surface area contributed by atoms with Gasteiger partial charge in [0.15, 0.2) is 11.8 Å². The lowest BCUT2D eigenvalue weighted by Gasteiger charge is -2.11. The van der Waals surface area contributed by atoms with Gasteiger partial charge in [0.2, 0.25) is 5.90 Å². The number of nitrogens with zero attached hydrogens (tertiary/aromatic N) is 3. The number of nitro groups is 1. The molecule has 0 aromatic heterocycles. The summed E-state index contributed by atoms with van der Waals surface area (Å²) in [5.41, 5.74) is 8.26. The molecule has 0 saturated carbocycles. The highest BCUT2D eigenvalue weighted by atomic mass is 16.6. The summed E-state index contributed by atoms with van der Waals surface area (Å²) in [6, 6.07) is 24.6. The number of hydrogen-bond acceptors (Lipinski definition) is 8. The van der Waals surface area contributed by atoms with E-state index in [1.807, 2.05) is 60.7 Å². The van der Waals surface area contributed by atoms with Gasteiger partial charge in [-0.3, -0.25) is 26.4 Å². The highest BCUT2D eigenvalue weighted by Crippen LogP contribution is 2.29. The van der Waals surface area contributed by atoms with Crippen LogP contribution in [0.2, 0.25) is 0 Å².